The molecule has 6 nitrogen and oxygen atoms in total. The Kier molecular flexibility index (Phi) is 6.37. The van der Waals surface area contributed by atoms with E-state index in [0.717, 1.165) is 33.6 Å². The van der Waals surface area contributed by atoms with Crippen molar-refractivity contribution in [1.29, 1.82) is 0 Å². The molecule has 2 heterocycles. The van der Waals surface area contributed by atoms with E-state index >= 15 is 0 Å². The van der Waals surface area contributed by atoms with Gasteiger partial charge in [-0.1, -0.05) is 18.2 Å². The molecule has 0 unspecified atom stereocenters. The second-order valence-electron chi connectivity index (χ2n) is 6.90. The molecule has 0 aliphatic carbocycles. The van der Waals surface area contributed by atoms with Crippen LogP contribution in [0.5, 0.6) is 5.75 Å². The number of halogens is 1. The van der Waals surface area contributed by atoms with E-state index in [-0.39, 0.29) is 11.7 Å². The maximum absolute atomic E-state index is 13.3. The van der Waals surface area contributed by atoms with Crippen LogP contribution in [0, 0.1) is 5.82 Å². The van der Waals surface area contributed by atoms with Gasteiger partial charge >= 0.3 is 0 Å². The van der Waals surface area contributed by atoms with Gasteiger partial charge in [0.2, 0.25) is 5.91 Å². The zero-order chi connectivity index (χ0) is 21.6. The third kappa shape index (κ3) is 5.16. The first kappa shape index (κ1) is 20.7. The van der Waals surface area contributed by atoms with Crippen LogP contribution in [-0.2, 0) is 4.79 Å². The number of amides is 1. The molecule has 0 aliphatic rings. The summed E-state index contributed by atoms with van der Waals surface area (Å²) in [5.41, 5.74) is 2.61. The van der Waals surface area contributed by atoms with Crippen molar-refractivity contribution in [2.24, 2.45) is 0 Å². The lowest BCUT2D eigenvalue weighted by Crippen LogP contribution is -2.09. The van der Waals surface area contributed by atoms with Gasteiger partial charge in [-0.2, -0.15) is 0 Å². The molecule has 8 heteroatoms. The van der Waals surface area contributed by atoms with Crippen molar-refractivity contribution in [2.75, 3.05) is 23.8 Å². The lowest BCUT2D eigenvalue weighted by molar-refractivity contribution is -0.114. The van der Waals surface area contributed by atoms with Crippen molar-refractivity contribution >= 4 is 39.0 Å². The summed E-state index contributed by atoms with van der Waals surface area (Å²) < 4.78 is 19.1. The highest BCUT2D eigenvalue weighted by atomic mass is 32.1. The number of hydrogen-bond acceptors (Lipinski definition) is 6. The molecule has 2 aromatic heterocycles. The molecular weight excluding hydrogens is 415 g/mol. The predicted octanol–water partition coefficient (Wildman–Crippen LogP) is 5.34. The highest BCUT2D eigenvalue weighted by Gasteiger charge is 2.13. The molecule has 0 radical (unpaired) electrons. The molecule has 0 bridgehead atoms. The maximum Gasteiger partial charge on any atom is 0.221 e. The predicted molar refractivity (Wildman–Crippen MR) is 122 cm³/mol. The van der Waals surface area contributed by atoms with Crippen molar-refractivity contribution in [2.45, 2.75) is 13.3 Å². The van der Waals surface area contributed by atoms with Gasteiger partial charge in [0.1, 0.15) is 28.5 Å². The molecule has 2 N–H and O–H groups in total. The number of nitrogens with one attached hydrogen (secondary N) is 2. The Morgan fingerprint density at radius 2 is 2.00 bits per heavy atom. The Morgan fingerprint density at radius 1 is 1.16 bits per heavy atom. The monoisotopic (exact) mass is 436 g/mol. The summed E-state index contributed by atoms with van der Waals surface area (Å²) >= 11 is 1.53. The van der Waals surface area contributed by atoms with Crippen LogP contribution in [0.1, 0.15) is 13.3 Å². The number of aromatic nitrogens is 2. The molecule has 0 saturated heterocycles. The average Bonchev–Trinajstić information content (AvgIpc) is 3.19. The lowest BCUT2D eigenvalue weighted by Gasteiger charge is -2.10. The Bertz CT molecular complexity index is 1190. The largest absolute Gasteiger partial charge is 0.493 e. The van der Waals surface area contributed by atoms with Gasteiger partial charge in [0.25, 0.3) is 0 Å². The summed E-state index contributed by atoms with van der Waals surface area (Å²) in [7, 11) is 0. The van der Waals surface area contributed by atoms with Gasteiger partial charge in [0.05, 0.1) is 12.0 Å². The fourth-order valence-corrected chi connectivity index (χ4v) is 4.10. The van der Waals surface area contributed by atoms with Crippen molar-refractivity contribution in [3.63, 3.8) is 0 Å². The fourth-order valence-electron chi connectivity index (χ4n) is 3.19. The van der Waals surface area contributed by atoms with E-state index in [1.807, 2.05) is 23.6 Å². The van der Waals surface area contributed by atoms with E-state index in [2.05, 4.69) is 20.6 Å². The van der Waals surface area contributed by atoms with E-state index in [9.17, 15) is 9.18 Å². The number of benzene rings is 2. The summed E-state index contributed by atoms with van der Waals surface area (Å²) in [5, 5.41) is 9.05. The summed E-state index contributed by atoms with van der Waals surface area (Å²) in [6, 6.07) is 13.7. The minimum Gasteiger partial charge on any atom is -0.493 e. The van der Waals surface area contributed by atoms with Crippen molar-refractivity contribution < 1.29 is 13.9 Å². The molecule has 0 fully saturated rings. The van der Waals surface area contributed by atoms with Crippen molar-refractivity contribution in [3.8, 4) is 16.9 Å². The second-order valence-corrected chi connectivity index (χ2v) is 7.75. The number of carbonyl (C=O) groups is 1. The highest BCUT2D eigenvalue weighted by molar-refractivity contribution is 7.17. The van der Waals surface area contributed by atoms with Gasteiger partial charge in [-0.05, 0) is 36.2 Å². The first-order valence-corrected chi connectivity index (χ1v) is 10.7. The van der Waals surface area contributed by atoms with Gasteiger partial charge < -0.3 is 15.4 Å². The third-order valence-corrected chi connectivity index (χ3v) is 5.45. The van der Waals surface area contributed by atoms with Gasteiger partial charge in [-0.25, -0.2) is 14.4 Å². The van der Waals surface area contributed by atoms with E-state index in [1.54, 1.807) is 24.5 Å². The average molecular weight is 437 g/mol. The van der Waals surface area contributed by atoms with Crippen LogP contribution < -0.4 is 15.4 Å². The van der Waals surface area contributed by atoms with Crippen LogP contribution in [0.25, 0.3) is 21.3 Å². The third-order valence-electron chi connectivity index (χ3n) is 4.56. The Hall–Kier alpha value is -3.52. The highest BCUT2D eigenvalue weighted by Crippen LogP contribution is 2.36. The van der Waals surface area contributed by atoms with E-state index in [1.165, 1.54) is 30.4 Å². The molecule has 0 aliphatic heterocycles. The molecular formula is C23H21FN4O2S. The SMILES string of the molecule is CC(=O)Nc1cccc(OCCCNc2ncnc3scc(-c4ccc(F)cc4)c23)c1. The number of rotatable bonds is 8. The second kappa shape index (κ2) is 9.53. The van der Waals surface area contributed by atoms with Crippen LogP contribution in [-0.4, -0.2) is 29.0 Å². The maximum atomic E-state index is 13.3. The number of anilines is 2. The molecule has 0 saturated carbocycles. The summed E-state index contributed by atoms with van der Waals surface area (Å²) in [5.74, 6) is 1.07. The lowest BCUT2D eigenvalue weighted by atomic mass is 10.1. The fraction of sp³-hybridized carbons (Fsp3) is 0.174. The number of ether oxygens (including phenoxy) is 1. The van der Waals surface area contributed by atoms with Crippen molar-refractivity contribution in [1.82, 2.24) is 9.97 Å². The van der Waals surface area contributed by atoms with Gasteiger partial charge in [-0.3, -0.25) is 4.79 Å². The molecule has 0 spiro atoms. The van der Waals surface area contributed by atoms with Crippen LogP contribution in [0.3, 0.4) is 0 Å². The van der Waals surface area contributed by atoms with E-state index in [0.29, 0.717) is 24.6 Å². The minimum absolute atomic E-state index is 0.119. The zero-order valence-electron chi connectivity index (χ0n) is 16.9. The number of thiophene rings is 1. The quantitative estimate of drug-likeness (QED) is 0.365. The first-order valence-electron chi connectivity index (χ1n) is 9.82. The molecule has 0 atom stereocenters. The normalized spacial score (nSPS) is 10.8. The van der Waals surface area contributed by atoms with E-state index in [4.69, 9.17) is 4.74 Å². The van der Waals surface area contributed by atoms with E-state index < -0.39 is 0 Å². The zero-order valence-corrected chi connectivity index (χ0v) is 17.7. The smallest absolute Gasteiger partial charge is 0.221 e. The van der Waals surface area contributed by atoms with Crippen LogP contribution in [0.15, 0.2) is 60.2 Å². The number of carbonyl (C=O) groups excluding carboxylic acids is 1. The Labute approximate surface area is 183 Å². The number of nitrogens with zero attached hydrogens (tertiary/aromatic N) is 2. The standard InChI is InChI=1S/C23H21FN4O2S/c1-15(29)28-18-4-2-5-19(12-18)30-11-3-10-25-22-21-20(13-31-23(21)27-14-26-22)16-6-8-17(24)9-7-16/h2,4-9,12-14H,3,10-11H2,1H3,(H,28,29)(H,25,26,27). The van der Waals surface area contributed by atoms with Gasteiger partial charge in [0, 0.05) is 36.2 Å². The first-order chi connectivity index (χ1) is 15.1. The molecule has 4 rings (SSSR count). The molecule has 1 amide bonds. The summed E-state index contributed by atoms with van der Waals surface area (Å²) in [4.78, 5) is 20.8. The Balaban J connectivity index is 1.38. The molecule has 31 heavy (non-hydrogen) atoms. The molecule has 2 aromatic carbocycles. The van der Waals surface area contributed by atoms with Crippen molar-refractivity contribution in [3.05, 3.63) is 66.1 Å². The summed E-state index contributed by atoms with van der Waals surface area (Å²) in [6.07, 6.45) is 2.30. The topological polar surface area (TPSA) is 76.1 Å². The van der Waals surface area contributed by atoms with Crippen LogP contribution in [0.2, 0.25) is 0 Å². The molecule has 4 aromatic rings. The van der Waals surface area contributed by atoms with Crippen LogP contribution >= 0.6 is 11.3 Å². The summed E-state index contributed by atoms with van der Waals surface area (Å²) in [6.45, 7) is 2.65. The van der Waals surface area contributed by atoms with Gasteiger partial charge in [0.15, 0.2) is 0 Å². The minimum atomic E-state index is -0.263. The van der Waals surface area contributed by atoms with Crippen LogP contribution in [0.4, 0.5) is 15.9 Å². The Morgan fingerprint density at radius 3 is 2.81 bits per heavy atom. The van der Waals surface area contributed by atoms with Gasteiger partial charge in [-0.15, -0.1) is 11.3 Å². The number of hydrogen-bond donors (Lipinski definition) is 2. The number of fused-ring (bicyclic) bond motifs is 1. The molecule has 158 valence electrons.